The quantitative estimate of drug-likeness (QED) is 0.122. The van der Waals surface area contributed by atoms with Gasteiger partial charge in [-0.05, 0) is 84.1 Å². The number of halogens is 3. The first-order valence-corrected chi connectivity index (χ1v) is 21.5. The summed E-state index contributed by atoms with van der Waals surface area (Å²) in [5.74, 6) is 5.68. The molecule has 58 heavy (non-hydrogen) atoms. The normalized spacial score (nSPS) is 10.4. The summed E-state index contributed by atoms with van der Waals surface area (Å²) in [5, 5.41) is 17.7. The van der Waals surface area contributed by atoms with Gasteiger partial charge in [0.15, 0.2) is 0 Å². The molecule has 8 aromatic carbocycles. The largest absolute Gasteiger partial charge is 0.508 e. The fraction of sp³-hybridized carbons (Fsp3) is 0.0196. The number of phenols is 1. The van der Waals surface area contributed by atoms with Gasteiger partial charge in [-0.2, -0.15) is 8.78 Å². The molecule has 0 aliphatic carbocycles. The maximum absolute atomic E-state index is 12.1. The van der Waals surface area contributed by atoms with Crippen LogP contribution in [-0.2, 0) is 0 Å². The van der Waals surface area contributed by atoms with Crippen molar-refractivity contribution in [3.8, 4) is 23.3 Å². The van der Waals surface area contributed by atoms with Gasteiger partial charge in [0.25, 0.3) is 0 Å². The predicted molar refractivity (Wildman–Crippen MR) is 242 cm³/mol. The van der Waals surface area contributed by atoms with Crippen LogP contribution >= 0.6 is 27.4 Å². The van der Waals surface area contributed by atoms with E-state index in [1.165, 1.54) is 56.1 Å². The van der Waals surface area contributed by atoms with Crippen molar-refractivity contribution in [3.63, 3.8) is 0 Å². The van der Waals surface area contributed by atoms with Crippen LogP contribution in [0, 0.1) is 11.8 Å². The zero-order valence-corrected chi connectivity index (χ0v) is 33.9. The van der Waals surface area contributed by atoms with Crippen molar-refractivity contribution >= 4 is 59.3 Å². The average Bonchev–Trinajstić information content (AvgIpc) is 3.27. The Hall–Kier alpha value is -6.07. The number of hydrogen-bond donors (Lipinski definition) is 1. The number of rotatable bonds is 8. The molecular weight excluding hydrogens is 780 g/mol. The van der Waals surface area contributed by atoms with Crippen LogP contribution in [0.1, 0.15) is 11.1 Å². The summed E-state index contributed by atoms with van der Waals surface area (Å²) < 4.78 is 28.4. The molecule has 1 N–H and O–H groups in total. The molecule has 0 unspecified atom stereocenters. The second-order valence-electron chi connectivity index (χ2n) is 12.5. The number of hydrogen-bond acceptors (Lipinski definition) is 2. The van der Waals surface area contributed by atoms with Gasteiger partial charge in [0.2, 0.25) is 0 Å². The molecule has 0 aromatic heterocycles. The second kappa shape index (κ2) is 22.0. The Kier molecular flexibility index (Phi) is 15.8. The summed E-state index contributed by atoms with van der Waals surface area (Å²) in [6.45, 7) is -2.92. The summed E-state index contributed by atoms with van der Waals surface area (Å²) in [7, 11) is -0.892. The zero-order valence-electron chi connectivity index (χ0n) is 31.3. The Morgan fingerprint density at radius 2 is 0.741 bits per heavy atom. The summed E-state index contributed by atoms with van der Waals surface area (Å²) in [6.07, 6.45) is 0. The highest BCUT2D eigenvalue weighted by Crippen LogP contribution is 2.33. The first kappa shape index (κ1) is 41.6. The van der Waals surface area contributed by atoms with Gasteiger partial charge in [0.05, 0.1) is 5.02 Å². The van der Waals surface area contributed by atoms with Crippen molar-refractivity contribution in [1.29, 1.82) is 0 Å². The van der Waals surface area contributed by atoms with E-state index in [0.29, 0.717) is 11.1 Å². The fourth-order valence-electron chi connectivity index (χ4n) is 5.85. The SMILES string of the molecule is Oc1cccc(C#Cc2ccc(OC(F)F)c(Cl)c2)c1.c1ccc(P(c2ccccc2)c2ccccc2)cc1.c1ccc(P(c2ccccc2)c2ccccc2)cc1. The minimum absolute atomic E-state index is 0.0630. The molecule has 2 nitrogen and oxygen atoms in total. The number of alkyl halides is 2. The molecule has 0 bridgehead atoms. The third-order valence-corrected chi connectivity index (χ3v) is 13.6. The van der Waals surface area contributed by atoms with Gasteiger partial charge in [-0.15, -0.1) is 0 Å². The number of ether oxygens (including phenoxy) is 1. The summed E-state index contributed by atoms with van der Waals surface area (Å²) in [5.41, 5.74) is 1.19. The predicted octanol–water partition coefficient (Wildman–Crippen LogP) is 10.9. The molecule has 7 heteroatoms. The molecule has 0 saturated heterocycles. The maximum atomic E-state index is 12.1. The van der Waals surface area contributed by atoms with Gasteiger partial charge in [-0.3, -0.25) is 0 Å². The molecule has 286 valence electrons. The van der Waals surface area contributed by atoms with Crippen LogP contribution in [0.2, 0.25) is 5.02 Å². The molecule has 0 aliphatic heterocycles. The molecule has 8 rings (SSSR count). The number of aromatic hydroxyl groups is 1. The van der Waals surface area contributed by atoms with Crippen molar-refractivity contribution in [3.05, 3.63) is 241 Å². The highest BCUT2D eigenvalue weighted by atomic mass is 35.5. The molecule has 0 fully saturated rings. The highest BCUT2D eigenvalue weighted by Gasteiger charge is 2.16. The molecule has 0 radical (unpaired) electrons. The number of benzene rings is 8. The van der Waals surface area contributed by atoms with Gasteiger partial charge in [-0.1, -0.05) is 211 Å². The van der Waals surface area contributed by atoms with Crippen molar-refractivity contribution in [2.75, 3.05) is 0 Å². The van der Waals surface area contributed by atoms with Crippen molar-refractivity contribution in [2.45, 2.75) is 6.61 Å². The van der Waals surface area contributed by atoms with E-state index in [-0.39, 0.29) is 16.5 Å². The topological polar surface area (TPSA) is 29.5 Å². The Morgan fingerprint density at radius 3 is 1.03 bits per heavy atom. The molecule has 8 aromatic rings. The van der Waals surface area contributed by atoms with Crippen LogP contribution in [0.5, 0.6) is 11.5 Å². The molecule has 0 saturated carbocycles. The van der Waals surface area contributed by atoms with E-state index in [4.69, 9.17) is 11.6 Å². The van der Waals surface area contributed by atoms with Crippen molar-refractivity contribution < 1.29 is 18.6 Å². The van der Waals surface area contributed by atoms with Gasteiger partial charge in [-0.25, -0.2) is 0 Å². The molecule has 0 heterocycles. The highest BCUT2D eigenvalue weighted by molar-refractivity contribution is 7.80. The zero-order chi connectivity index (χ0) is 40.4. The minimum Gasteiger partial charge on any atom is -0.508 e. The van der Waals surface area contributed by atoms with E-state index in [0.717, 1.165) is 0 Å². The molecule has 0 spiro atoms. The minimum atomic E-state index is -2.92. The third-order valence-electron chi connectivity index (χ3n) is 8.43. The standard InChI is InChI=1S/2C18H15P.C15H9ClF2O2/c2*1-4-10-16(11-5-1)19(17-12-6-2-7-13-17)18-14-8-3-9-15-18;16-13-9-11(6-7-14(13)20-15(17)18)5-4-10-2-1-3-12(19)8-10/h2*1-15H;1-3,6-9,15,19H. The molecule has 0 aliphatic rings. The Balaban J connectivity index is 0.000000147. The molecule has 0 amide bonds. The lowest BCUT2D eigenvalue weighted by atomic mass is 10.1. The van der Waals surface area contributed by atoms with Crippen molar-refractivity contribution in [2.24, 2.45) is 0 Å². The van der Waals surface area contributed by atoms with Crippen LogP contribution in [0.3, 0.4) is 0 Å². The second-order valence-corrected chi connectivity index (χ2v) is 17.4. The first-order chi connectivity index (χ1) is 28.4. The van der Waals surface area contributed by atoms with E-state index < -0.39 is 22.5 Å². The van der Waals surface area contributed by atoms with E-state index in [1.54, 1.807) is 18.2 Å². The lowest BCUT2D eigenvalue weighted by Crippen LogP contribution is -2.20. The lowest BCUT2D eigenvalue weighted by Gasteiger charge is -2.18. The van der Waals surface area contributed by atoms with E-state index in [1.807, 2.05) is 0 Å². The van der Waals surface area contributed by atoms with Crippen LogP contribution in [0.25, 0.3) is 0 Å². The van der Waals surface area contributed by atoms with Crippen molar-refractivity contribution in [1.82, 2.24) is 0 Å². The average molecular weight is 819 g/mol. The summed E-state index contributed by atoms with van der Waals surface area (Å²) in [4.78, 5) is 0. The Morgan fingerprint density at radius 1 is 0.414 bits per heavy atom. The van der Waals surface area contributed by atoms with Gasteiger partial charge in [0, 0.05) is 11.1 Å². The van der Waals surface area contributed by atoms with Gasteiger partial charge in [0.1, 0.15) is 11.5 Å². The smallest absolute Gasteiger partial charge is 0.387 e. The van der Waals surface area contributed by atoms with Crippen LogP contribution in [0.4, 0.5) is 8.78 Å². The first-order valence-electron chi connectivity index (χ1n) is 18.4. The Bertz CT molecular complexity index is 2180. The fourth-order valence-corrected chi connectivity index (χ4v) is 10.7. The van der Waals surface area contributed by atoms with Crippen LogP contribution < -0.4 is 36.6 Å². The van der Waals surface area contributed by atoms with Gasteiger partial charge >= 0.3 is 6.61 Å². The summed E-state index contributed by atoms with van der Waals surface area (Å²) >= 11 is 5.81. The van der Waals surface area contributed by atoms with E-state index in [2.05, 4.69) is 199 Å². The Labute approximate surface area is 346 Å². The van der Waals surface area contributed by atoms with E-state index in [9.17, 15) is 13.9 Å². The van der Waals surface area contributed by atoms with Gasteiger partial charge < -0.3 is 9.84 Å². The van der Waals surface area contributed by atoms with Crippen LogP contribution in [0.15, 0.2) is 224 Å². The van der Waals surface area contributed by atoms with E-state index >= 15 is 0 Å². The monoisotopic (exact) mass is 818 g/mol. The van der Waals surface area contributed by atoms with Crippen LogP contribution in [-0.4, -0.2) is 11.7 Å². The third kappa shape index (κ3) is 12.5. The number of phenolic OH excluding ortho intramolecular Hbond substituents is 1. The molecule has 0 atom stereocenters. The lowest BCUT2D eigenvalue weighted by molar-refractivity contribution is -0.0497. The molecular formula is C51H39ClF2O2P2. The maximum Gasteiger partial charge on any atom is 0.387 e. The summed E-state index contributed by atoms with van der Waals surface area (Å²) in [6, 6.07) is 75.4.